The lowest BCUT2D eigenvalue weighted by Gasteiger charge is -2.26. The minimum absolute atomic E-state index is 0.0150. The van der Waals surface area contributed by atoms with Crippen LogP contribution in [0.15, 0.2) is 54.7 Å². The molecule has 1 aromatic heterocycles. The Morgan fingerprint density at radius 1 is 1.06 bits per heavy atom. The first kappa shape index (κ1) is 22.8. The number of nitrogens with one attached hydrogen (secondary N) is 2. The highest BCUT2D eigenvalue weighted by atomic mass is 16.5. The largest absolute Gasteiger partial charge is 0.497 e. The summed E-state index contributed by atoms with van der Waals surface area (Å²) in [5.41, 5.74) is 2.64. The van der Waals surface area contributed by atoms with Gasteiger partial charge in [-0.15, -0.1) is 0 Å². The highest BCUT2D eigenvalue weighted by Crippen LogP contribution is 2.21. The normalized spacial score (nSPS) is 14.2. The van der Waals surface area contributed by atoms with Crippen molar-refractivity contribution < 1.29 is 19.1 Å². The number of hydrogen-bond donors (Lipinski definition) is 2. The summed E-state index contributed by atoms with van der Waals surface area (Å²) in [7, 11) is 1.64. The van der Waals surface area contributed by atoms with Crippen LogP contribution in [0.1, 0.15) is 12.0 Å². The number of methoxy groups -OCH3 is 1. The lowest BCUT2D eigenvalue weighted by molar-refractivity contribution is -0.121. The predicted octanol–water partition coefficient (Wildman–Crippen LogP) is 2.63. The van der Waals surface area contributed by atoms with Gasteiger partial charge in [0, 0.05) is 55.4 Å². The zero-order chi connectivity index (χ0) is 23.0. The van der Waals surface area contributed by atoms with Gasteiger partial charge in [-0.3, -0.25) is 14.5 Å². The van der Waals surface area contributed by atoms with Crippen molar-refractivity contribution in [2.24, 2.45) is 0 Å². The van der Waals surface area contributed by atoms with Gasteiger partial charge < -0.3 is 24.7 Å². The second-order valence-corrected chi connectivity index (χ2v) is 8.10. The summed E-state index contributed by atoms with van der Waals surface area (Å²) in [6.45, 7) is 4.54. The minimum Gasteiger partial charge on any atom is -0.497 e. The van der Waals surface area contributed by atoms with Crippen LogP contribution in [0.5, 0.6) is 5.75 Å². The maximum absolute atomic E-state index is 12.5. The molecule has 8 nitrogen and oxygen atoms in total. The van der Waals surface area contributed by atoms with E-state index < -0.39 is 0 Å². The Balaban J connectivity index is 1.26. The van der Waals surface area contributed by atoms with Crippen LogP contribution in [0.2, 0.25) is 0 Å². The fourth-order valence-electron chi connectivity index (χ4n) is 3.92. The molecule has 33 heavy (non-hydrogen) atoms. The number of carbonyl (C=O) groups is 2. The van der Waals surface area contributed by atoms with E-state index in [1.165, 1.54) is 0 Å². The second-order valence-electron chi connectivity index (χ2n) is 8.10. The topological polar surface area (TPSA) is 84.8 Å². The summed E-state index contributed by atoms with van der Waals surface area (Å²) in [6, 6.07) is 15.3. The molecule has 1 fully saturated rings. The monoisotopic (exact) mass is 450 g/mol. The van der Waals surface area contributed by atoms with Crippen LogP contribution >= 0.6 is 0 Å². The third-order valence-corrected chi connectivity index (χ3v) is 5.75. The molecule has 2 amide bonds. The maximum atomic E-state index is 12.5. The molecule has 2 aromatic carbocycles. The van der Waals surface area contributed by atoms with Gasteiger partial charge in [-0.25, -0.2) is 0 Å². The third-order valence-electron chi connectivity index (χ3n) is 5.75. The van der Waals surface area contributed by atoms with Gasteiger partial charge >= 0.3 is 0 Å². The SMILES string of the molecule is COc1ccc2c(ccn2CC(=O)NCc2cccc(NC(=O)CCN3CCOCC3)c2)c1. The van der Waals surface area contributed by atoms with Crippen LogP contribution in [-0.4, -0.2) is 61.2 Å². The van der Waals surface area contributed by atoms with Gasteiger partial charge in [-0.2, -0.15) is 0 Å². The highest BCUT2D eigenvalue weighted by Gasteiger charge is 2.12. The first-order valence-electron chi connectivity index (χ1n) is 11.2. The molecule has 0 bridgehead atoms. The van der Waals surface area contributed by atoms with Crippen molar-refractivity contribution in [1.82, 2.24) is 14.8 Å². The Morgan fingerprint density at radius 3 is 2.73 bits per heavy atom. The van der Waals surface area contributed by atoms with Crippen molar-refractivity contribution in [2.75, 3.05) is 45.3 Å². The van der Waals surface area contributed by atoms with Crippen molar-refractivity contribution in [1.29, 1.82) is 0 Å². The van der Waals surface area contributed by atoms with Crippen LogP contribution in [-0.2, 0) is 27.4 Å². The van der Waals surface area contributed by atoms with E-state index in [2.05, 4.69) is 15.5 Å². The molecule has 1 aliphatic rings. The highest BCUT2D eigenvalue weighted by molar-refractivity contribution is 5.91. The first-order valence-corrected chi connectivity index (χ1v) is 11.2. The molecule has 2 heterocycles. The molecule has 1 aliphatic heterocycles. The van der Waals surface area contributed by atoms with Crippen molar-refractivity contribution >= 4 is 28.4 Å². The van der Waals surface area contributed by atoms with E-state index >= 15 is 0 Å². The molecule has 1 saturated heterocycles. The zero-order valence-corrected chi connectivity index (χ0v) is 18.9. The second kappa shape index (κ2) is 11.0. The van der Waals surface area contributed by atoms with Gasteiger partial charge in [-0.1, -0.05) is 12.1 Å². The van der Waals surface area contributed by atoms with Gasteiger partial charge in [0.15, 0.2) is 0 Å². The first-order chi connectivity index (χ1) is 16.1. The predicted molar refractivity (Wildman–Crippen MR) is 127 cm³/mol. The fourth-order valence-corrected chi connectivity index (χ4v) is 3.92. The number of morpholine rings is 1. The number of amides is 2. The van der Waals surface area contributed by atoms with Crippen molar-refractivity contribution in [3.05, 3.63) is 60.3 Å². The van der Waals surface area contributed by atoms with Gasteiger partial charge in [0.1, 0.15) is 12.3 Å². The lowest BCUT2D eigenvalue weighted by Crippen LogP contribution is -2.38. The molecular formula is C25H30N4O4. The average Bonchev–Trinajstić information content (AvgIpc) is 3.24. The van der Waals surface area contributed by atoms with Crippen molar-refractivity contribution in [3.63, 3.8) is 0 Å². The maximum Gasteiger partial charge on any atom is 0.240 e. The third kappa shape index (κ3) is 6.34. The van der Waals surface area contributed by atoms with Crippen LogP contribution in [0.4, 0.5) is 5.69 Å². The number of fused-ring (bicyclic) bond motifs is 1. The molecule has 0 aliphatic carbocycles. The van der Waals surface area contributed by atoms with E-state index in [0.717, 1.165) is 60.8 Å². The Kier molecular flexibility index (Phi) is 7.59. The lowest BCUT2D eigenvalue weighted by atomic mass is 10.2. The van der Waals surface area contributed by atoms with E-state index in [1.807, 2.05) is 59.3 Å². The molecule has 0 radical (unpaired) electrons. The number of anilines is 1. The molecule has 4 rings (SSSR count). The van der Waals surface area contributed by atoms with E-state index in [-0.39, 0.29) is 18.4 Å². The van der Waals surface area contributed by atoms with Crippen molar-refractivity contribution in [3.8, 4) is 5.75 Å². The standard InChI is InChI=1S/C25H30N4O4/c1-32-22-5-6-23-20(16-22)7-10-29(23)18-25(31)26-17-19-3-2-4-21(15-19)27-24(30)8-9-28-11-13-33-14-12-28/h2-7,10,15-16H,8-9,11-14,17-18H2,1H3,(H,26,31)(H,27,30). The van der Waals surface area contributed by atoms with E-state index in [9.17, 15) is 9.59 Å². The summed E-state index contributed by atoms with van der Waals surface area (Å²) in [6.07, 6.45) is 2.34. The number of rotatable bonds is 9. The summed E-state index contributed by atoms with van der Waals surface area (Å²) in [5.74, 6) is 0.694. The van der Waals surface area contributed by atoms with Crippen LogP contribution in [0.25, 0.3) is 10.9 Å². The molecule has 0 saturated carbocycles. The van der Waals surface area contributed by atoms with Gasteiger partial charge in [0.25, 0.3) is 0 Å². The van der Waals surface area contributed by atoms with Crippen LogP contribution in [0, 0.1) is 0 Å². The van der Waals surface area contributed by atoms with Crippen LogP contribution < -0.4 is 15.4 Å². The smallest absolute Gasteiger partial charge is 0.240 e. The summed E-state index contributed by atoms with van der Waals surface area (Å²) >= 11 is 0. The molecule has 174 valence electrons. The zero-order valence-electron chi connectivity index (χ0n) is 18.9. The van der Waals surface area contributed by atoms with Crippen LogP contribution in [0.3, 0.4) is 0 Å². The Labute approximate surface area is 193 Å². The number of benzene rings is 2. The fraction of sp³-hybridized carbons (Fsp3) is 0.360. The number of carbonyl (C=O) groups excluding carboxylic acids is 2. The molecular weight excluding hydrogens is 420 g/mol. The molecule has 0 unspecified atom stereocenters. The molecule has 2 N–H and O–H groups in total. The van der Waals surface area contributed by atoms with Gasteiger partial charge in [-0.05, 0) is 42.0 Å². The molecule has 8 heteroatoms. The van der Waals surface area contributed by atoms with Gasteiger partial charge in [0.2, 0.25) is 11.8 Å². The average molecular weight is 451 g/mol. The van der Waals surface area contributed by atoms with Crippen molar-refractivity contribution in [2.45, 2.75) is 19.5 Å². The molecule has 3 aromatic rings. The van der Waals surface area contributed by atoms with E-state index in [4.69, 9.17) is 9.47 Å². The Morgan fingerprint density at radius 2 is 1.91 bits per heavy atom. The van der Waals surface area contributed by atoms with E-state index in [1.54, 1.807) is 7.11 Å². The quantitative estimate of drug-likeness (QED) is 0.524. The Bertz CT molecular complexity index is 1100. The summed E-state index contributed by atoms with van der Waals surface area (Å²) < 4.78 is 12.5. The number of aromatic nitrogens is 1. The molecule has 0 atom stereocenters. The number of nitrogens with zero attached hydrogens (tertiary/aromatic N) is 2. The Hall–Kier alpha value is -3.36. The van der Waals surface area contributed by atoms with E-state index in [0.29, 0.717) is 13.0 Å². The number of hydrogen-bond acceptors (Lipinski definition) is 5. The van der Waals surface area contributed by atoms with Gasteiger partial charge in [0.05, 0.1) is 20.3 Å². The number of ether oxygens (including phenoxy) is 2. The summed E-state index contributed by atoms with van der Waals surface area (Å²) in [4.78, 5) is 27.1. The summed E-state index contributed by atoms with van der Waals surface area (Å²) in [5, 5.41) is 6.94. The molecule has 0 spiro atoms. The minimum atomic E-state index is -0.0803.